The molecule has 0 amide bonds. The van der Waals surface area contributed by atoms with Crippen molar-refractivity contribution in [3.05, 3.63) is 0 Å². The van der Waals surface area contributed by atoms with Gasteiger partial charge in [-0.3, -0.25) is 0 Å². The Bertz CT molecular complexity index is 346. The van der Waals surface area contributed by atoms with Gasteiger partial charge in [0, 0.05) is 19.3 Å². The number of sulfonamides is 1. The molecule has 0 aromatic rings. The fourth-order valence-electron chi connectivity index (χ4n) is 2.78. The Morgan fingerprint density at radius 1 is 1.17 bits per heavy atom. The molecule has 2 N–H and O–H groups in total. The van der Waals surface area contributed by atoms with E-state index in [0.717, 1.165) is 25.9 Å². The molecule has 2 rings (SSSR count). The zero-order valence-corrected chi connectivity index (χ0v) is 11.8. The maximum atomic E-state index is 12.3. The fraction of sp³-hybridized carbons (Fsp3) is 1.00. The molecule has 0 aromatic heterocycles. The third kappa shape index (κ3) is 3.66. The largest absolute Gasteiger partial charge is 0.381 e. The maximum absolute atomic E-state index is 12.3. The zero-order valence-electron chi connectivity index (χ0n) is 11.0. The molecule has 0 spiro atoms. The molecule has 0 aliphatic carbocycles. The number of hydrogen-bond acceptors (Lipinski definition) is 4. The first-order valence-corrected chi connectivity index (χ1v) is 8.44. The van der Waals surface area contributed by atoms with Gasteiger partial charge in [0.15, 0.2) is 0 Å². The molecular weight excluding hydrogens is 252 g/mol. The average Bonchev–Trinajstić information content (AvgIpc) is 2.40. The smallest absolute Gasteiger partial charge is 0.214 e. The Kier molecular flexibility index (Phi) is 5.00. The molecular formula is C12H24N2O3S. The molecule has 106 valence electrons. The van der Waals surface area contributed by atoms with Crippen molar-refractivity contribution < 1.29 is 13.2 Å². The molecule has 0 aromatic carbocycles. The predicted molar refractivity (Wildman–Crippen MR) is 71.0 cm³/mol. The number of piperidine rings is 1. The average molecular weight is 276 g/mol. The topological polar surface area (TPSA) is 67.4 Å². The normalized spacial score (nSPS) is 26.1. The van der Waals surface area contributed by atoms with Crippen LogP contribution in [-0.4, -0.2) is 46.0 Å². The van der Waals surface area contributed by atoms with Crippen molar-refractivity contribution in [3.8, 4) is 0 Å². The van der Waals surface area contributed by atoms with Crippen molar-refractivity contribution in [2.24, 2.45) is 5.92 Å². The van der Waals surface area contributed by atoms with Crippen LogP contribution in [0, 0.1) is 5.92 Å². The third-order valence-corrected chi connectivity index (χ3v) is 6.10. The van der Waals surface area contributed by atoms with E-state index in [1.54, 1.807) is 0 Å². The van der Waals surface area contributed by atoms with Gasteiger partial charge in [-0.15, -0.1) is 0 Å². The lowest BCUT2D eigenvalue weighted by atomic mass is 9.92. The van der Waals surface area contributed by atoms with E-state index in [1.165, 1.54) is 0 Å². The minimum absolute atomic E-state index is 0.0416. The van der Waals surface area contributed by atoms with Gasteiger partial charge in [-0.25, -0.2) is 13.1 Å². The quantitative estimate of drug-likeness (QED) is 0.783. The second kappa shape index (κ2) is 6.32. The summed E-state index contributed by atoms with van der Waals surface area (Å²) in [5.74, 6) is 0.459. The molecule has 2 aliphatic rings. The van der Waals surface area contributed by atoms with Gasteiger partial charge in [0.2, 0.25) is 10.0 Å². The standard InChI is InChI=1S/C12H24N2O3S/c1-10(11-2-6-13-7-3-11)14-18(15,16)12-4-8-17-9-5-12/h10-14H,2-9H2,1H3. The van der Waals surface area contributed by atoms with Gasteiger partial charge < -0.3 is 10.1 Å². The molecule has 18 heavy (non-hydrogen) atoms. The lowest BCUT2D eigenvalue weighted by molar-refractivity contribution is 0.0980. The van der Waals surface area contributed by atoms with E-state index in [1.807, 2.05) is 6.92 Å². The summed E-state index contributed by atoms with van der Waals surface area (Å²) < 4.78 is 32.6. The molecule has 2 fully saturated rings. The summed E-state index contributed by atoms with van der Waals surface area (Å²) in [6.07, 6.45) is 3.34. The van der Waals surface area contributed by atoms with Crippen molar-refractivity contribution in [3.63, 3.8) is 0 Å². The minimum Gasteiger partial charge on any atom is -0.381 e. The number of nitrogens with one attached hydrogen (secondary N) is 2. The Labute approximate surface area is 110 Å². The van der Waals surface area contributed by atoms with Gasteiger partial charge in [-0.1, -0.05) is 0 Å². The Morgan fingerprint density at radius 3 is 2.39 bits per heavy atom. The SMILES string of the molecule is CC(NS(=O)(=O)C1CCOCC1)C1CCNCC1. The van der Waals surface area contributed by atoms with Crippen LogP contribution in [-0.2, 0) is 14.8 Å². The van der Waals surface area contributed by atoms with Crippen molar-refractivity contribution in [2.45, 2.75) is 43.9 Å². The van der Waals surface area contributed by atoms with E-state index in [2.05, 4.69) is 10.0 Å². The highest BCUT2D eigenvalue weighted by Gasteiger charge is 2.31. The lowest BCUT2D eigenvalue weighted by Crippen LogP contribution is -2.46. The van der Waals surface area contributed by atoms with Gasteiger partial charge in [-0.2, -0.15) is 0 Å². The van der Waals surface area contributed by atoms with Crippen LogP contribution in [0.3, 0.4) is 0 Å². The van der Waals surface area contributed by atoms with Crippen LogP contribution in [0.5, 0.6) is 0 Å². The lowest BCUT2D eigenvalue weighted by Gasteiger charge is -2.31. The summed E-state index contributed by atoms with van der Waals surface area (Å²) in [6.45, 7) is 5.11. The summed E-state index contributed by atoms with van der Waals surface area (Å²) in [7, 11) is -3.18. The molecule has 6 heteroatoms. The molecule has 1 unspecified atom stereocenters. The first kappa shape index (κ1) is 14.2. The Morgan fingerprint density at radius 2 is 1.78 bits per heavy atom. The molecule has 2 aliphatic heterocycles. The van der Waals surface area contributed by atoms with Crippen LogP contribution >= 0.6 is 0 Å². The van der Waals surface area contributed by atoms with Crippen LogP contribution in [0.1, 0.15) is 32.6 Å². The molecule has 0 radical (unpaired) electrons. The Balaban J connectivity index is 1.89. The van der Waals surface area contributed by atoms with Crippen molar-refractivity contribution >= 4 is 10.0 Å². The summed E-state index contributed by atoms with van der Waals surface area (Å²) in [5.41, 5.74) is 0. The molecule has 2 saturated heterocycles. The second-order valence-corrected chi connectivity index (χ2v) is 7.34. The maximum Gasteiger partial charge on any atom is 0.214 e. The highest BCUT2D eigenvalue weighted by atomic mass is 32.2. The second-order valence-electron chi connectivity index (χ2n) is 5.35. The third-order valence-electron chi connectivity index (χ3n) is 4.05. The van der Waals surface area contributed by atoms with Crippen LogP contribution < -0.4 is 10.0 Å². The van der Waals surface area contributed by atoms with E-state index >= 15 is 0 Å². The number of ether oxygens (including phenoxy) is 1. The molecule has 0 bridgehead atoms. The highest BCUT2D eigenvalue weighted by molar-refractivity contribution is 7.90. The summed E-state index contributed by atoms with van der Waals surface area (Å²) in [4.78, 5) is 0. The van der Waals surface area contributed by atoms with Crippen molar-refractivity contribution in [2.75, 3.05) is 26.3 Å². The zero-order chi connectivity index (χ0) is 13.0. The van der Waals surface area contributed by atoms with E-state index in [4.69, 9.17) is 4.74 Å². The van der Waals surface area contributed by atoms with E-state index in [9.17, 15) is 8.42 Å². The number of hydrogen-bond donors (Lipinski definition) is 2. The van der Waals surface area contributed by atoms with E-state index < -0.39 is 10.0 Å². The molecule has 0 saturated carbocycles. The van der Waals surface area contributed by atoms with Crippen molar-refractivity contribution in [1.82, 2.24) is 10.0 Å². The van der Waals surface area contributed by atoms with Gasteiger partial charge in [0.05, 0.1) is 5.25 Å². The summed E-state index contributed by atoms with van der Waals surface area (Å²) in [6, 6.07) is 0.0416. The van der Waals surface area contributed by atoms with Gasteiger partial charge in [0.25, 0.3) is 0 Å². The highest BCUT2D eigenvalue weighted by Crippen LogP contribution is 2.20. The van der Waals surface area contributed by atoms with Gasteiger partial charge in [0.1, 0.15) is 0 Å². The Hall–Kier alpha value is -0.170. The van der Waals surface area contributed by atoms with Crippen LogP contribution in [0.4, 0.5) is 0 Å². The van der Waals surface area contributed by atoms with E-state index in [-0.39, 0.29) is 11.3 Å². The van der Waals surface area contributed by atoms with E-state index in [0.29, 0.717) is 32.0 Å². The molecule has 2 heterocycles. The van der Waals surface area contributed by atoms with Crippen LogP contribution in [0.25, 0.3) is 0 Å². The van der Waals surface area contributed by atoms with Crippen LogP contribution in [0.2, 0.25) is 0 Å². The summed E-state index contributed by atoms with van der Waals surface area (Å²) in [5, 5.41) is 3.03. The first-order chi connectivity index (χ1) is 8.59. The molecule has 5 nitrogen and oxygen atoms in total. The molecule has 1 atom stereocenters. The first-order valence-electron chi connectivity index (χ1n) is 6.89. The summed E-state index contributed by atoms with van der Waals surface area (Å²) >= 11 is 0. The van der Waals surface area contributed by atoms with Crippen LogP contribution in [0.15, 0.2) is 0 Å². The van der Waals surface area contributed by atoms with Gasteiger partial charge in [-0.05, 0) is 51.6 Å². The predicted octanol–water partition coefficient (Wildman–Crippen LogP) is 0.473. The number of rotatable bonds is 4. The minimum atomic E-state index is -3.18. The van der Waals surface area contributed by atoms with Gasteiger partial charge >= 0.3 is 0 Å². The fourth-order valence-corrected chi connectivity index (χ4v) is 4.50. The van der Waals surface area contributed by atoms with Crippen molar-refractivity contribution in [1.29, 1.82) is 0 Å². The monoisotopic (exact) mass is 276 g/mol.